The van der Waals surface area contributed by atoms with E-state index in [1.165, 1.54) is 11.0 Å². The molecular formula is C19H23FN2O3S. The molecule has 140 valence electrons. The zero-order valence-electron chi connectivity index (χ0n) is 15.3. The second-order valence-corrected chi connectivity index (χ2v) is 8.19. The standard InChI is InChI=1S/C19H23FN2O3S/c1-13(2)21-26(24,25)18-11-15(9-10-17(18)20)19(23)22(4)12-16-8-6-5-7-14(16)3/h5-11,13,21H,12H2,1-4H3. The van der Waals surface area contributed by atoms with Crippen molar-refractivity contribution < 1.29 is 17.6 Å². The number of rotatable bonds is 6. The summed E-state index contributed by atoms with van der Waals surface area (Å²) in [5, 5.41) is 0. The SMILES string of the molecule is Cc1ccccc1CN(C)C(=O)c1ccc(F)c(S(=O)(=O)NC(C)C)c1. The van der Waals surface area contributed by atoms with Gasteiger partial charge in [0.25, 0.3) is 5.91 Å². The summed E-state index contributed by atoms with van der Waals surface area (Å²) in [6.45, 7) is 5.60. The van der Waals surface area contributed by atoms with Gasteiger partial charge in [0.05, 0.1) is 0 Å². The summed E-state index contributed by atoms with van der Waals surface area (Å²) in [6, 6.07) is 10.7. The summed E-state index contributed by atoms with van der Waals surface area (Å²) in [5.74, 6) is -1.27. The Morgan fingerprint density at radius 3 is 2.46 bits per heavy atom. The van der Waals surface area contributed by atoms with E-state index in [0.29, 0.717) is 6.54 Å². The fourth-order valence-electron chi connectivity index (χ4n) is 2.55. The number of nitrogens with one attached hydrogen (secondary N) is 1. The molecule has 1 amide bonds. The van der Waals surface area contributed by atoms with Crippen LogP contribution in [-0.4, -0.2) is 32.3 Å². The fourth-order valence-corrected chi connectivity index (χ4v) is 3.91. The Labute approximate surface area is 153 Å². The van der Waals surface area contributed by atoms with Crippen molar-refractivity contribution in [1.29, 1.82) is 0 Å². The van der Waals surface area contributed by atoms with Crippen molar-refractivity contribution in [2.45, 2.75) is 38.3 Å². The molecule has 0 aliphatic heterocycles. The quantitative estimate of drug-likeness (QED) is 0.840. The first kappa shape index (κ1) is 20.1. The molecule has 2 aromatic rings. The van der Waals surface area contributed by atoms with Crippen LogP contribution in [-0.2, 0) is 16.6 Å². The molecule has 0 heterocycles. The van der Waals surface area contributed by atoms with Crippen molar-refractivity contribution in [2.24, 2.45) is 0 Å². The highest BCUT2D eigenvalue weighted by molar-refractivity contribution is 7.89. The Morgan fingerprint density at radius 2 is 1.85 bits per heavy atom. The summed E-state index contributed by atoms with van der Waals surface area (Å²) >= 11 is 0. The third-order valence-corrected chi connectivity index (χ3v) is 5.55. The molecule has 0 atom stereocenters. The van der Waals surface area contributed by atoms with Crippen molar-refractivity contribution in [1.82, 2.24) is 9.62 Å². The van der Waals surface area contributed by atoms with Crippen LogP contribution in [0.15, 0.2) is 47.4 Å². The van der Waals surface area contributed by atoms with Crippen LogP contribution in [0.3, 0.4) is 0 Å². The maximum Gasteiger partial charge on any atom is 0.253 e. The Balaban J connectivity index is 2.30. The van der Waals surface area contributed by atoms with Gasteiger partial charge in [0.1, 0.15) is 10.7 Å². The highest BCUT2D eigenvalue weighted by Crippen LogP contribution is 2.19. The second-order valence-electron chi connectivity index (χ2n) is 6.51. The minimum absolute atomic E-state index is 0.117. The number of aryl methyl sites for hydroxylation is 1. The van der Waals surface area contributed by atoms with E-state index in [2.05, 4.69) is 4.72 Å². The lowest BCUT2D eigenvalue weighted by atomic mass is 10.1. The molecule has 26 heavy (non-hydrogen) atoms. The summed E-state index contributed by atoms with van der Waals surface area (Å²) in [4.78, 5) is 13.6. The highest BCUT2D eigenvalue weighted by Gasteiger charge is 2.23. The Kier molecular flexibility index (Phi) is 6.15. The third-order valence-electron chi connectivity index (χ3n) is 3.87. The van der Waals surface area contributed by atoms with Crippen LogP contribution in [0, 0.1) is 12.7 Å². The van der Waals surface area contributed by atoms with Gasteiger partial charge in [-0.05, 0) is 50.1 Å². The first-order valence-electron chi connectivity index (χ1n) is 8.23. The molecule has 0 bridgehead atoms. The molecule has 0 aliphatic rings. The fraction of sp³-hybridized carbons (Fsp3) is 0.316. The molecule has 2 aromatic carbocycles. The van der Waals surface area contributed by atoms with Crippen molar-refractivity contribution in [3.05, 3.63) is 65.0 Å². The molecule has 0 saturated heterocycles. The second kappa shape index (κ2) is 7.97. The molecule has 5 nitrogen and oxygen atoms in total. The summed E-state index contributed by atoms with van der Waals surface area (Å²) < 4.78 is 40.9. The number of hydrogen-bond acceptors (Lipinski definition) is 3. The molecule has 1 N–H and O–H groups in total. The van der Waals surface area contributed by atoms with Gasteiger partial charge < -0.3 is 4.90 Å². The normalized spacial score (nSPS) is 11.6. The van der Waals surface area contributed by atoms with Crippen molar-refractivity contribution in [3.63, 3.8) is 0 Å². The van der Waals surface area contributed by atoms with Crippen molar-refractivity contribution >= 4 is 15.9 Å². The van der Waals surface area contributed by atoms with Crippen LogP contribution in [0.5, 0.6) is 0 Å². The summed E-state index contributed by atoms with van der Waals surface area (Å²) in [5.41, 5.74) is 2.15. The van der Waals surface area contributed by atoms with Gasteiger partial charge in [-0.15, -0.1) is 0 Å². The van der Waals surface area contributed by atoms with E-state index in [4.69, 9.17) is 0 Å². The molecule has 0 radical (unpaired) electrons. The number of benzene rings is 2. The number of nitrogens with zero attached hydrogens (tertiary/aromatic N) is 1. The van der Waals surface area contributed by atoms with Gasteiger partial charge in [-0.3, -0.25) is 4.79 Å². The lowest BCUT2D eigenvalue weighted by Crippen LogP contribution is -2.31. The largest absolute Gasteiger partial charge is 0.337 e. The van der Waals surface area contributed by atoms with E-state index in [1.807, 2.05) is 31.2 Å². The molecule has 0 aliphatic carbocycles. The van der Waals surface area contributed by atoms with Gasteiger partial charge >= 0.3 is 0 Å². The molecular weight excluding hydrogens is 355 g/mol. The van der Waals surface area contributed by atoms with Gasteiger partial charge in [-0.2, -0.15) is 0 Å². The predicted octanol–water partition coefficient (Wildman–Crippen LogP) is 3.09. The maximum absolute atomic E-state index is 14.0. The average Bonchev–Trinajstić information content (AvgIpc) is 2.55. The summed E-state index contributed by atoms with van der Waals surface area (Å²) in [6.07, 6.45) is 0. The van der Waals surface area contributed by atoms with Crippen LogP contribution in [0.4, 0.5) is 4.39 Å². The molecule has 0 saturated carbocycles. The van der Waals surface area contributed by atoms with Gasteiger partial charge in [0.15, 0.2) is 0 Å². The first-order chi connectivity index (χ1) is 12.1. The van der Waals surface area contributed by atoms with Crippen LogP contribution in [0.2, 0.25) is 0 Å². The van der Waals surface area contributed by atoms with E-state index >= 15 is 0 Å². The molecule has 0 aromatic heterocycles. The van der Waals surface area contributed by atoms with E-state index in [-0.39, 0.29) is 17.5 Å². The van der Waals surface area contributed by atoms with Crippen LogP contribution in [0.1, 0.15) is 35.3 Å². The molecule has 0 unspecified atom stereocenters. The number of halogens is 1. The van der Waals surface area contributed by atoms with Crippen molar-refractivity contribution in [3.8, 4) is 0 Å². The van der Waals surface area contributed by atoms with Gasteiger partial charge in [0, 0.05) is 25.2 Å². The van der Waals surface area contributed by atoms with E-state index in [0.717, 1.165) is 23.3 Å². The Morgan fingerprint density at radius 1 is 1.19 bits per heavy atom. The van der Waals surface area contributed by atoms with E-state index in [1.54, 1.807) is 20.9 Å². The lowest BCUT2D eigenvalue weighted by Gasteiger charge is -2.19. The third kappa shape index (κ3) is 4.68. The van der Waals surface area contributed by atoms with Gasteiger partial charge in [-0.25, -0.2) is 17.5 Å². The Hall–Kier alpha value is -2.25. The molecule has 0 fully saturated rings. The summed E-state index contributed by atoms with van der Waals surface area (Å²) in [7, 11) is -2.41. The average molecular weight is 378 g/mol. The highest BCUT2D eigenvalue weighted by atomic mass is 32.2. The van der Waals surface area contributed by atoms with Crippen LogP contribution >= 0.6 is 0 Å². The number of hydrogen-bond donors (Lipinski definition) is 1. The van der Waals surface area contributed by atoms with Gasteiger partial charge in [0.2, 0.25) is 10.0 Å². The zero-order chi connectivity index (χ0) is 19.5. The molecule has 2 rings (SSSR count). The topological polar surface area (TPSA) is 66.5 Å². The minimum atomic E-state index is -4.03. The monoisotopic (exact) mass is 378 g/mol. The number of carbonyl (C=O) groups excluding carboxylic acids is 1. The number of sulfonamides is 1. The van der Waals surface area contributed by atoms with Crippen LogP contribution in [0.25, 0.3) is 0 Å². The first-order valence-corrected chi connectivity index (χ1v) is 9.72. The van der Waals surface area contributed by atoms with Crippen molar-refractivity contribution in [2.75, 3.05) is 7.05 Å². The van der Waals surface area contributed by atoms with E-state index in [9.17, 15) is 17.6 Å². The number of carbonyl (C=O) groups is 1. The van der Waals surface area contributed by atoms with Crippen LogP contribution < -0.4 is 4.72 Å². The van der Waals surface area contributed by atoms with Gasteiger partial charge in [-0.1, -0.05) is 24.3 Å². The maximum atomic E-state index is 14.0. The smallest absolute Gasteiger partial charge is 0.253 e. The molecule has 0 spiro atoms. The predicted molar refractivity (Wildman–Crippen MR) is 98.8 cm³/mol. The lowest BCUT2D eigenvalue weighted by molar-refractivity contribution is 0.0784. The van der Waals surface area contributed by atoms with E-state index < -0.39 is 20.7 Å². The Bertz CT molecular complexity index is 911. The minimum Gasteiger partial charge on any atom is -0.337 e. The number of amides is 1. The zero-order valence-corrected chi connectivity index (χ0v) is 16.1. The molecule has 7 heteroatoms.